The predicted octanol–water partition coefficient (Wildman–Crippen LogP) is 5.11. The summed E-state index contributed by atoms with van der Waals surface area (Å²) < 4.78 is 0.989. The fourth-order valence-electron chi connectivity index (χ4n) is 2.02. The van der Waals surface area contributed by atoms with Crippen LogP contribution in [0, 0.1) is 0 Å². The monoisotopic (exact) mass is 360 g/mol. The minimum atomic E-state index is 0.183. The quantitative estimate of drug-likeness (QED) is 0.645. The van der Waals surface area contributed by atoms with Crippen LogP contribution in [0.5, 0.6) is 5.75 Å². The lowest BCUT2D eigenvalue weighted by atomic mass is 10.0. The van der Waals surface area contributed by atoms with Crippen LogP contribution in [-0.4, -0.2) is 16.3 Å². The number of hydrogen-bond donors (Lipinski definition) is 1. The molecule has 3 rings (SSSR count). The smallest absolute Gasteiger partial charge is 0.151 e. The van der Waals surface area contributed by atoms with E-state index < -0.39 is 0 Å². The van der Waals surface area contributed by atoms with E-state index in [0.29, 0.717) is 16.4 Å². The third-order valence-electron chi connectivity index (χ3n) is 3.04. The van der Waals surface area contributed by atoms with Crippen LogP contribution in [-0.2, 0) is 0 Å². The number of fused-ring (bicyclic) bond motifs is 1. The van der Waals surface area contributed by atoms with Gasteiger partial charge in [-0.1, -0.05) is 39.7 Å². The number of halogens is 2. The second kappa shape index (κ2) is 5.84. The van der Waals surface area contributed by atoms with Gasteiger partial charge in [-0.2, -0.15) is 0 Å². The maximum atomic E-state index is 10.1. The number of phenols is 1. The van der Waals surface area contributed by atoms with E-state index >= 15 is 0 Å². The highest BCUT2D eigenvalue weighted by molar-refractivity contribution is 9.10. The lowest BCUT2D eigenvalue weighted by Gasteiger charge is -2.05. The van der Waals surface area contributed by atoms with Crippen molar-refractivity contribution in [3.8, 4) is 5.75 Å². The minimum absolute atomic E-state index is 0.183. The molecular weight excluding hydrogens is 352 g/mol. The number of aliphatic imine (C=N–C) groups is 1. The molecule has 0 aliphatic carbocycles. The van der Waals surface area contributed by atoms with Crippen LogP contribution in [0.25, 0.3) is 10.8 Å². The summed E-state index contributed by atoms with van der Waals surface area (Å²) in [7, 11) is 0. The number of nitrogens with zero attached hydrogens (tertiary/aromatic N) is 2. The van der Waals surface area contributed by atoms with Crippen LogP contribution in [0.4, 0.5) is 5.82 Å². The number of hydrogen-bond acceptors (Lipinski definition) is 3. The maximum absolute atomic E-state index is 10.1. The van der Waals surface area contributed by atoms with Gasteiger partial charge in [-0.15, -0.1) is 0 Å². The van der Waals surface area contributed by atoms with E-state index in [2.05, 4.69) is 25.9 Å². The molecule has 0 amide bonds. The molecule has 1 aromatic heterocycles. The van der Waals surface area contributed by atoms with E-state index in [1.807, 2.05) is 24.3 Å². The number of phenolic OH excluding ortho intramolecular Hbond substituents is 1. The zero-order chi connectivity index (χ0) is 14.8. The number of benzene rings is 2. The van der Waals surface area contributed by atoms with Crippen molar-refractivity contribution in [1.29, 1.82) is 0 Å². The van der Waals surface area contributed by atoms with Crippen LogP contribution in [0.3, 0.4) is 0 Å². The average Bonchev–Trinajstić information content (AvgIpc) is 2.48. The number of aromatic nitrogens is 1. The molecule has 0 aliphatic rings. The number of aromatic hydroxyl groups is 1. The highest BCUT2D eigenvalue weighted by Gasteiger charge is 2.05. The van der Waals surface area contributed by atoms with Gasteiger partial charge in [-0.05, 0) is 41.1 Å². The summed E-state index contributed by atoms with van der Waals surface area (Å²) in [5.74, 6) is 0.718. The van der Waals surface area contributed by atoms with Crippen LogP contribution < -0.4 is 0 Å². The summed E-state index contributed by atoms with van der Waals surface area (Å²) in [4.78, 5) is 8.38. The number of pyridine rings is 1. The van der Waals surface area contributed by atoms with Gasteiger partial charge in [0.15, 0.2) is 5.82 Å². The first-order valence-corrected chi connectivity index (χ1v) is 7.37. The molecule has 5 heteroatoms. The molecule has 1 N–H and O–H groups in total. The Bertz CT molecular complexity index is 832. The molecule has 0 spiro atoms. The van der Waals surface area contributed by atoms with Crippen molar-refractivity contribution in [2.75, 3.05) is 0 Å². The normalized spacial score (nSPS) is 11.3. The van der Waals surface area contributed by atoms with E-state index in [1.165, 1.54) is 6.20 Å². The van der Waals surface area contributed by atoms with Crippen molar-refractivity contribution in [2.24, 2.45) is 4.99 Å². The van der Waals surface area contributed by atoms with Crippen molar-refractivity contribution in [3.63, 3.8) is 0 Å². The van der Waals surface area contributed by atoms with Gasteiger partial charge in [0.05, 0.1) is 5.02 Å². The third kappa shape index (κ3) is 3.06. The van der Waals surface area contributed by atoms with Crippen molar-refractivity contribution in [1.82, 2.24) is 4.98 Å². The Labute approximate surface area is 135 Å². The van der Waals surface area contributed by atoms with Crippen molar-refractivity contribution < 1.29 is 5.11 Å². The zero-order valence-corrected chi connectivity index (χ0v) is 13.1. The molecule has 104 valence electrons. The summed E-state index contributed by atoms with van der Waals surface area (Å²) >= 11 is 9.23. The Morgan fingerprint density at radius 2 is 2.00 bits per heavy atom. The fraction of sp³-hybridized carbons (Fsp3) is 0. The third-order valence-corrected chi connectivity index (χ3v) is 3.76. The zero-order valence-electron chi connectivity index (χ0n) is 10.8. The predicted molar refractivity (Wildman–Crippen MR) is 89.8 cm³/mol. The van der Waals surface area contributed by atoms with E-state index in [0.717, 1.165) is 15.2 Å². The van der Waals surface area contributed by atoms with Gasteiger partial charge < -0.3 is 5.11 Å². The molecule has 0 atom stereocenters. The standard InChI is InChI=1S/C16H10BrClN2O/c17-11-2-4-13-10(7-11)1-5-15(21)14(13)9-20-16-6-3-12(18)8-19-16/h1-9,21H. The Morgan fingerprint density at radius 3 is 2.76 bits per heavy atom. The highest BCUT2D eigenvalue weighted by Crippen LogP contribution is 2.28. The SMILES string of the molecule is Oc1ccc2cc(Br)ccc2c1C=Nc1ccc(Cl)cn1. The van der Waals surface area contributed by atoms with Gasteiger partial charge in [-0.25, -0.2) is 9.98 Å². The largest absolute Gasteiger partial charge is 0.507 e. The highest BCUT2D eigenvalue weighted by atomic mass is 79.9. The van der Waals surface area contributed by atoms with Crippen LogP contribution in [0.2, 0.25) is 5.02 Å². The Kier molecular flexibility index (Phi) is 3.90. The van der Waals surface area contributed by atoms with Gasteiger partial charge >= 0.3 is 0 Å². The number of rotatable bonds is 2. The second-order valence-electron chi connectivity index (χ2n) is 4.46. The molecule has 0 aliphatic heterocycles. The van der Waals surface area contributed by atoms with Gasteiger partial charge in [0.25, 0.3) is 0 Å². The van der Waals surface area contributed by atoms with Crippen LogP contribution >= 0.6 is 27.5 Å². The first kappa shape index (κ1) is 14.0. The Morgan fingerprint density at radius 1 is 1.14 bits per heavy atom. The maximum Gasteiger partial charge on any atom is 0.151 e. The lowest BCUT2D eigenvalue weighted by Crippen LogP contribution is -1.86. The first-order valence-electron chi connectivity index (χ1n) is 6.20. The topological polar surface area (TPSA) is 45.5 Å². The summed E-state index contributed by atoms with van der Waals surface area (Å²) in [5.41, 5.74) is 0.664. The van der Waals surface area contributed by atoms with Crippen molar-refractivity contribution >= 4 is 50.3 Å². The molecule has 0 saturated heterocycles. The van der Waals surface area contributed by atoms with E-state index in [-0.39, 0.29) is 5.75 Å². The van der Waals surface area contributed by atoms with E-state index in [1.54, 1.807) is 24.4 Å². The lowest BCUT2D eigenvalue weighted by molar-refractivity contribution is 0.475. The Balaban J connectivity index is 2.07. The summed E-state index contributed by atoms with van der Waals surface area (Å²) in [5, 5.41) is 12.6. The molecule has 0 fully saturated rings. The summed E-state index contributed by atoms with van der Waals surface area (Å²) in [6, 6.07) is 12.8. The van der Waals surface area contributed by atoms with Crippen molar-refractivity contribution in [2.45, 2.75) is 0 Å². The molecule has 2 aromatic carbocycles. The van der Waals surface area contributed by atoms with E-state index in [9.17, 15) is 5.11 Å². The first-order chi connectivity index (χ1) is 10.1. The van der Waals surface area contributed by atoms with Crippen molar-refractivity contribution in [3.05, 3.63) is 63.7 Å². The second-order valence-corrected chi connectivity index (χ2v) is 5.81. The van der Waals surface area contributed by atoms with Gasteiger partial charge in [0, 0.05) is 22.4 Å². The molecule has 0 bridgehead atoms. The summed E-state index contributed by atoms with van der Waals surface area (Å²) in [6.45, 7) is 0. The molecule has 21 heavy (non-hydrogen) atoms. The van der Waals surface area contributed by atoms with Gasteiger partial charge in [-0.3, -0.25) is 0 Å². The molecule has 3 nitrogen and oxygen atoms in total. The average molecular weight is 362 g/mol. The van der Waals surface area contributed by atoms with Gasteiger partial charge in [0.2, 0.25) is 0 Å². The fourth-order valence-corrected chi connectivity index (χ4v) is 2.51. The molecule has 3 aromatic rings. The molecule has 0 radical (unpaired) electrons. The van der Waals surface area contributed by atoms with Crippen LogP contribution in [0.1, 0.15) is 5.56 Å². The molecule has 1 heterocycles. The molecule has 0 saturated carbocycles. The minimum Gasteiger partial charge on any atom is -0.507 e. The molecular formula is C16H10BrClN2O. The molecule has 0 unspecified atom stereocenters. The van der Waals surface area contributed by atoms with E-state index in [4.69, 9.17) is 11.6 Å². The van der Waals surface area contributed by atoms with Gasteiger partial charge in [0.1, 0.15) is 5.75 Å². The summed E-state index contributed by atoms with van der Waals surface area (Å²) in [6.07, 6.45) is 3.15. The Hall–Kier alpha value is -1.91. The van der Waals surface area contributed by atoms with Crippen LogP contribution in [0.15, 0.2) is 58.1 Å².